The zero-order valence-electron chi connectivity index (χ0n) is 12.8. The molecule has 0 bridgehead atoms. The average molecular weight is 271 g/mol. The van der Waals surface area contributed by atoms with Crippen LogP contribution in [0.25, 0.3) is 0 Å². The third kappa shape index (κ3) is 3.94. The lowest BCUT2D eigenvalue weighted by Gasteiger charge is -2.19. The first-order chi connectivity index (χ1) is 9.72. The Labute approximate surface area is 122 Å². The van der Waals surface area contributed by atoms with E-state index in [1.807, 2.05) is 10.9 Å². The Morgan fingerprint density at radius 3 is 2.80 bits per heavy atom. The summed E-state index contributed by atoms with van der Waals surface area (Å²) in [6.07, 6.45) is 6.27. The van der Waals surface area contributed by atoms with Crippen LogP contribution in [-0.2, 0) is 13.0 Å². The minimum absolute atomic E-state index is 0.365. The van der Waals surface area contributed by atoms with Gasteiger partial charge < -0.3 is 5.32 Å². The van der Waals surface area contributed by atoms with E-state index in [9.17, 15) is 0 Å². The number of nitrogens with one attached hydrogen (secondary N) is 1. The van der Waals surface area contributed by atoms with Crippen molar-refractivity contribution in [3.05, 3.63) is 53.3 Å². The van der Waals surface area contributed by atoms with Gasteiger partial charge in [-0.15, -0.1) is 0 Å². The minimum atomic E-state index is 0.365. The fourth-order valence-corrected chi connectivity index (χ4v) is 2.43. The molecule has 2 rings (SSSR count). The van der Waals surface area contributed by atoms with Crippen LogP contribution in [0.5, 0.6) is 0 Å². The molecule has 0 spiro atoms. The van der Waals surface area contributed by atoms with Crippen LogP contribution >= 0.6 is 0 Å². The Balaban J connectivity index is 2.14. The number of hydrogen-bond donors (Lipinski definition) is 1. The number of aromatic nitrogens is 2. The van der Waals surface area contributed by atoms with E-state index < -0.39 is 0 Å². The van der Waals surface area contributed by atoms with Crippen molar-refractivity contribution in [3.63, 3.8) is 0 Å². The van der Waals surface area contributed by atoms with E-state index in [1.54, 1.807) is 0 Å². The highest BCUT2D eigenvalue weighted by molar-refractivity contribution is 5.26. The van der Waals surface area contributed by atoms with Gasteiger partial charge in [0.1, 0.15) is 0 Å². The molecule has 0 aliphatic heterocycles. The minimum Gasteiger partial charge on any atom is -0.310 e. The molecular weight excluding hydrogens is 246 g/mol. The monoisotopic (exact) mass is 271 g/mol. The first-order valence-electron chi connectivity index (χ1n) is 7.54. The molecule has 1 unspecified atom stereocenters. The third-order valence-corrected chi connectivity index (χ3v) is 3.54. The van der Waals surface area contributed by atoms with Gasteiger partial charge in [-0.2, -0.15) is 5.10 Å². The smallest absolute Gasteiger partial charge is 0.0522 e. The van der Waals surface area contributed by atoms with Gasteiger partial charge >= 0.3 is 0 Å². The molecule has 108 valence electrons. The average Bonchev–Trinajstić information content (AvgIpc) is 2.91. The van der Waals surface area contributed by atoms with Gasteiger partial charge in [-0.3, -0.25) is 4.68 Å². The highest BCUT2D eigenvalue weighted by atomic mass is 15.3. The quantitative estimate of drug-likeness (QED) is 0.835. The van der Waals surface area contributed by atoms with Crippen molar-refractivity contribution in [2.45, 2.75) is 46.2 Å². The van der Waals surface area contributed by atoms with Crippen molar-refractivity contribution in [1.82, 2.24) is 15.1 Å². The van der Waals surface area contributed by atoms with E-state index >= 15 is 0 Å². The van der Waals surface area contributed by atoms with Crippen LogP contribution < -0.4 is 5.32 Å². The number of benzene rings is 1. The summed E-state index contributed by atoms with van der Waals surface area (Å²) in [4.78, 5) is 0. The molecule has 2 aromatic rings. The Morgan fingerprint density at radius 1 is 1.30 bits per heavy atom. The topological polar surface area (TPSA) is 29.9 Å². The Hall–Kier alpha value is -1.61. The van der Waals surface area contributed by atoms with Crippen molar-refractivity contribution in [2.24, 2.45) is 0 Å². The molecule has 20 heavy (non-hydrogen) atoms. The lowest BCUT2D eigenvalue weighted by Crippen LogP contribution is -2.24. The summed E-state index contributed by atoms with van der Waals surface area (Å²) in [6.45, 7) is 8.44. The zero-order valence-corrected chi connectivity index (χ0v) is 12.8. The van der Waals surface area contributed by atoms with Crippen molar-refractivity contribution >= 4 is 0 Å². The van der Waals surface area contributed by atoms with Gasteiger partial charge in [-0.25, -0.2) is 0 Å². The maximum Gasteiger partial charge on any atom is 0.0522 e. The van der Waals surface area contributed by atoms with Crippen molar-refractivity contribution in [2.75, 3.05) is 6.54 Å². The summed E-state index contributed by atoms with van der Waals surface area (Å²) >= 11 is 0. The molecule has 1 atom stereocenters. The fourth-order valence-electron chi connectivity index (χ4n) is 2.43. The molecule has 0 saturated carbocycles. The van der Waals surface area contributed by atoms with Crippen LogP contribution in [0, 0.1) is 6.92 Å². The SMILES string of the molecule is CCCNC(Cc1cnn(CC)c1)c1cccc(C)c1. The molecule has 0 fully saturated rings. The summed E-state index contributed by atoms with van der Waals surface area (Å²) in [5.41, 5.74) is 3.97. The largest absolute Gasteiger partial charge is 0.310 e. The molecule has 0 aliphatic rings. The van der Waals surface area contributed by atoms with Gasteiger partial charge in [-0.1, -0.05) is 36.8 Å². The first-order valence-corrected chi connectivity index (χ1v) is 7.54. The predicted molar refractivity (Wildman–Crippen MR) is 83.8 cm³/mol. The van der Waals surface area contributed by atoms with Crippen molar-refractivity contribution in [1.29, 1.82) is 0 Å². The second kappa shape index (κ2) is 7.25. The van der Waals surface area contributed by atoms with E-state index in [0.717, 1.165) is 25.9 Å². The Kier molecular flexibility index (Phi) is 5.36. The Bertz CT molecular complexity index is 531. The highest BCUT2D eigenvalue weighted by Gasteiger charge is 2.12. The maximum absolute atomic E-state index is 4.37. The lowest BCUT2D eigenvalue weighted by molar-refractivity contribution is 0.528. The molecule has 0 radical (unpaired) electrons. The summed E-state index contributed by atoms with van der Waals surface area (Å²) in [5, 5.41) is 8.02. The predicted octanol–water partition coefficient (Wildman–Crippen LogP) is 3.49. The molecule has 3 nitrogen and oxygen atoms in total. The summed E-state index contributed by atoms with van der Waals surface area (Å²) in [5.74, 6) is 0. The third-order valence-electron chi connectivity index (χ3n) is 3.54. The summed E-state index contributed by atoms with van der Waals surface area (Å²) < 4.78 is 1.99. The van der Waals surface area contributed by atoms with E-state index in [2.05, 4.69) is 61.6 Å². The normalized spacial score (nSPS) is 12.6. The van der Waals surface area contributed by atoms with Crippen LogP contribution in [0.4, 0.5) is 0 Å². The molecule has 1 aromatic heterocycles. The second-order valence-electron chi connectivity index (χ2n) is 5.33. The number of nitrogens with zero attached hydrogens (tertiary/aromatic N) is 2. The number of rotatable bonds is 7. The molecule has 1 N–H and O–H groups in total. The van der Waals surface area contributed by atoms with Gasteiger partial charge in [0.15, 0.2) is 0 Å². The van der Waals surface area contributed by atoms with Gasteiger partial charge in [0, 0.05) is 18.8 Å². The van der Waals surface area contributed by atoms with Gasteiger partial charge in [0.25, 0.3) is 0 Å². The maximum atomic E-state index is 4.37. The molecule has 3 heteroatoms. The standard InChI is InChI=1S/C17H25N3/c1-4-9-18-17(16-8-6-7-14(3)10-16)11-15-12-19-20(5-2)13-15/h6-8,10,12-13,17-18H,4-5,9,11H2,1-3H3. The molecule has 0 aliphatic carbocycles. The number of aryl methyl sites for hydroxylation is 2. The summed E-state index contributed by atoms with van der Waals surface area (Å²) in [7, 11) is 0. The first kappa shape index (κ1) is 14.8. The second-order valence-corrected chi connectivity index (χ2v) is 5.33. The molecular formula is C17H25N3. The van der Waals surface area contributed by atoms with Crippen molar-refractivity contribution in [3.8, 4) is 0 Å². The van der Waals surface area contributed by atoms with Crippen LogP contribution in [-0.4, -0.2) is 16.3 Å². The van der Waals surface area contributed by atoms with Crippen molar-refractivity contribution < 1.29 is 0 Å². The molecule has 1 heterocycles. The highest BCUT2D eigenvalue weighted by Crippen LogP contribution is 2.19. The van der Waals surface area contributed by atoms with E-state index in [1.165, 1.54) is 16.7 Å². The van der Waals surface area contributed by atoms with Crippen LogP contribution in [0.3, 0.4) is 0 Å². The van der Waals surface area contributed by atoms with E-state index in [-0.39, 0.29) is 0 Å². The van der Waals surface area contributed by atoms with Crippen LogP contribution in [0.15, 0.2) is 36.7 Å². The van der Waals surface area contributed by atoms with E-state index in [4.69, 9.17) is 0 Å². The number of hydrogen-bond acceptors (Lipinski definition) is 2. The van der Waals surface area contributed by atoms with Gasteiger partial charge in [-0.05, 0) is 44.4 Å². The van der Waals surface area contributed by atoms with Crippen LogP contribution in [0.1, 0.15) is 43.0 Å². The summed E-state index contributed by atoms with van der Waals surface area (Å²) in [6, 6.07) is 9.14. The van der Waals surface area contributed by atoms with Crippen LogP contribution in [0.2, 0.25) is 0 Å². The van der Waals surface area contributed by atoms with Gasteiger partial charge in [0.05, 0.1) is 6.20 Å². The zero-order chi connectivity index (χ0) is 14.4. The lowest BCUT2D eigenvalue weighted by atomic mass is 9.99. The fraction of sp³-hybridized carbons (Fsp3) is 0.471. The van der Waals surface area contributed by atoms with E-state index in [0.29, 0.717) is 6.04 Å². The molecule has 0 saturated heterocycles. The Morgan fingerprint density at radius 2 is 2.15 bits per heavy atom. The van der Waals surface area contributed by atoms with Gasteiger partial charge in [0.2, 0.25) is 0 Å². The molecule has 1 aromatic carbocycles. The molecule has 0 amide bonds.